The number of rotatable bonds is 8. The molecule has 1 unspecified atom stereocenters. The second kappa shape index (κ2) is 11.9. The van der Waals surface area contributed by atoms with Gasteiger partial charge in [0.25, 0.3) is 5.91 Å². The fourth-order valence-corrected chi connectivity index (χ4v) is 5.16. The van der Waals surface area contributed by atoms with Gasteiger partial charge in [0.15, 0.2) is 5.82 Å². The monoisotopic (exact) mass is 544 g/mol. The highest BCUT2D eigenvalue weighted by molar-refractivity contribution is 6.31. The Balaban J connectivity index is 1.43. The Kier molecular flexibility index (Phi) is 8.17. The molecule has 0 radical (unpaired) electrons. The van der Waals surface area contributed by atoms with Gasteiger partial charge in [-0.05, 0) is 66.8 Å². The first-order chi connectivity index (χ1) is 18.9. The van der Waals surface area contributed by atoms with Crippen molar-refractivity contribution in [1.29, 1.82) is 0 Å². The second-order valence-electron chi connectivity index (χ2n) is 9.95. The van der Waals surface area contributed by atoms with Crippen molar-refractivity contribution in [2.24, 2.45) is 0 Å². The first-order valence-electron chi connectivity index (χ1n) is 13.6. The number of anilines is 1. The number of nitrogens with one attached hydrogen (secondary N) is 1. The largest absolute Gasteiger partial charge is 0.414 e. The Morgan fingerprint density at radius 2 is 1.90 bits per heavy atom. The van der Waals surface area contributed by atoms with Gasteiger partial charge in [-0.15, -0.1) is 0 Å². The summed E-state index contributed by atoms with van der Waals surface area (Å²) in [6, 6.07) is 20.8. The minimum absolute atomic E-state index is 0.226. The van der Waals surface area contributed by atoms with Gasteiger partial charge in [-0.25, -0.2) is 9.78 Å². The fourth-order valence-electron chi connectivity index (χ4n) is 4.97. The van der Waals surface area contributed by atoms with Gasteiger partial charge in [-0.1, -0.05) is 67.4 Å². The average molecular weight is 545 g/mol. The molecule has 1 aliphatic heterocycles. The molecule has 2 heterocycles. The lowest BCUT2D eigenvalue weighted by Crippen LogP contribution is -2.34. The number of carbonyl (C=O) groups is 2. The first kappa shape index (κ1) is 26.8. The van der Waals surface area contributed by atoms with E-state index >= 15 is 0 Å². The molecule has 1 N–H and O–H groups in total. The van der Waals surface area contributed by atoms with E-state index in [1.165, 1.54) is 0 Å². The first-order valence-corrected chi connectivity index (χ1v) is 14.0. The molecule has 0 spiro atoms. The minimum atomic E-state index is -0.587. The van der Waals surface area contributed by atoms with Crippen molar-refractivity contribution in [2.45, 2.75) is 58.5 Å². The van der Waals surface area contributed by atoms with Crippen LogP contribution in [0.3, 0.4) is 0 Å². The SMILES string of the molecule is CCCCN(C(=O)c1cccc(Cl)c1)c1nc2n(c1OC(=O)NC(C)c1ccc3ccccc3c1)CCCC2. The number of amides is 2. The lowest BCUT2D eigenvalue weighted by Gasteiger charge is -2.23. The molecular weight excluding hydrogens is 512 g/mol. The molecule has 0 aliphatic carbocycles. The van der Waals surface area contributed by atoms with Gasteiger partial charge in [0.2, 0.25) is 5.88 Å². The van der Waals surface area contributed by atoms with Crippen molar-refractivity contribution in [3.05, 3.63) is 88.7 Å². The molecular formula is C31H33ClN4O3. The molecule has 3 aromatic carbocycles. The normalized spacial score (nSPS) is 13.5. The predicted octanol–water partition coefficient (Wildman–Crippen LogP) is 7.32. The lowest BCUT2D eigenvalue weighted by molar-refractivity contribution is 0.0984. The summed E-state index contributed by atoms with van der Waals surface area (Å²) < 4.78 is 7.90. The van der Waals surface area contributed by atoms with Crippen molar-refractivity contribution >= 4 is 40.2 Å². The third kappa shape index (κ3) is 5.93. The van der Waals surface area contributed by atoms with Gasteiger partial charge in [-0.2, -0.15) is 0 Å². The van der Waals surface area contributed by atoms with Gasteiger partial charge in [0.1, 0.15) is 5.82 Å². The summed E-state index contributed by atoms with van der Waals surface area (Å²) in [6.07, 6.45) is 3.80. The van der Waals surface area contributed by atoms with Crippen LogP contribution in [0.2, 0.25) is 5.02 Å². The minimum Gasteiger partial charge on any atom is -0.389 e. The molecule has 202 valence electrons. The highest BCUT2D eigenvalue weighted by Crippen LogP contribution is 2.34. The van der Waals surface area contributed by atoms with Crippen LogP contribution in [0.1, 0.15) is 67.3 Å². The fraction of sp³-hybridized carbons (Fsp3) is 0.323. The van der Waals surface area contributed by atoms with Gasteiger partial charge in [-0.3, -0.25) is 14.3 Å². The number of benzene rings is 3. The molecule has 1 aliphatic rings. The summed E-state index contributed by atoms with van der Waals surface area (Å²) in [5.41, 5.74) is 1.44. The molecule has 7 nitrogen and oxygen atoms in total. The van der Waals surface area contributed by atoms with E-state index in [1.54, 1.807) is 29.2 Å². The molecule has 2 amide bonds. The third-order valence-electron chi connectivity index (χ3n) is 7.12. The Bertz CT molecular complexity index is 1500. The molecule has 5 rings (SSSR count). The number of fused-ring (bicyclic) bond motifs is 2. The number of halogens is 1. The number of ether oxygens (including phenoxy) is 1. The van der Waals surface area contributed by atoms with Crippen LogP contribution in [-0.4, -0.2) is 28.1 Å². The van der Waals surface area contributed by atoms with Crippen molar-refractivity contribution in [3.8, 4) is 5.88 Å². The molecule has 1 atom stereocenters. The van der Waals surface area contributed by atoms with E-state index in [1.807, 2.05) is 35.8 Å². The number of imidazole rings is 1. The summed E-state index contributed by atoms with van der Waals surface area (Å²) in [7, 11) is 0. The van der Waals surface area contributed by atoms with Crippen LogP contribution in [0.4, 0.5) is 10.6 Å². The molecule has 0 saturated carbocycles. The van der Waals surface area contributed by atoms with E-state index < -0.39 is 6.09 Å². The summed E-state index contributed by atoms with van der Waals surface area (Å²) in [6.45, 7) is 5.12. The molecule has 4 aromatic rings. The highest BCUT2D eigenvalue weighted by atomic mass is 35.5. The number of hydrogen-bond donors (Lipinski definition) is 1. The van der Waals surface area contributed by atoms with E-state index in [0.717, 1.165) is 54.3 Å². The average Bonchev–Trinajstić information content (AvgIpc) is 3.30. The molecule has 0 fully saturated rings. The second-order valence-corrected chi connectivity index (χ2v) is 10.4. The van der Waals surface area contributed by atoms with E-state index in [2.05, 4.69) is 30.4 Å². The standard InChI is InChI=1S/C31H33ClN4O3/c1-3-4-17-36(29(37)25-12-9-13-26(32)20-25)28-30(35-18-8-7-14-27(35)34-28)39-31(38)33-21(2)23-16-15-22-10-5-6-11-24(22)19-23/h5-6,9-13,15-16,19-21H,3-4,7-8,14,17-18H2,1-2H3,(H,33,38). The van der Waals surface area contributed by atoms with E-state index in [4.69, 9.17) is 21.3 Å². The van der Waals surface area contributed by atoms with Gasteiger partial charge < -0.3 is 10.1 Å². The summed E-state index contributed by atoms with van der Waals surface area (Å²) >= 11 is 6.19. The van der Waals surface area contributed by atoms with E-state index in [0.29, 0.717) is 35.4 Å². The molecule has 0 saturated heterocycles. The van der Waals surface area contributed by atoms with Crippen LogP contribution in [-0.2, 0) is 13.0 Å². The predicted molar refractivity (Wildman–Crippen MR) is 155 cm³/mol. The topological polar surface area (TPSA) is 76.5 Å². The third-order valence-corrected chi connectivity index (χ3v) is 7.36. The number of nitrogens with zero attached hydrogens (tertiary/aromatic N) is 3. The summed E-state index contributed by atoms with van der Waals surface area (Å²) in [4.78, 5) is 33.4. The zero-order valence-corrected chi connectivity index (χ0v) is 23.1. The van der Waals surface area contributed by atoms with Crippen LogP contribution in [0.15, 0.2) is 66.7 Å². The number of aryl methyl sites for hydroxylation is 1. The van der Waals surface area contributed by atoms with Crippen LogP contribution in [0, 0.1) is 0 Å². The summed E-state index contributed by atoms with van der Waals surface area (Å²) in [5, 5.41) is 5.69. The maximum Gasteiger partial charge on any atom is 0.414 e. The van der Waals surface area contributed by atoms with Crippen LogP contribution in [0.5, 0.6) is 5.88 Å². The van der Waals surface area contributed by atoms with Crippen molar-refractivity contribution < 1.29 is 14.3 Å². The zero-order chi connectivity index (χ0) is 27.4. The highest BCUT2D eigenvalue weighted by Gasteiger charge is 2.30. The molecule has 8 heteroatoms. The Morgan fingerprint density at radius 1 is 1.08 bits per heavy atom. The zero-order valence-electron chi connectivity index (χ0n) is 22.3. The Labute approximate surface area is 233 Å². The van der Waals surface area contributed by atoms with Gasteiger partial charge >= 0.3 is 6.09 Å². The Hall–Kier alpha value is -3.84. The van der Waals surface area contributed by atoms with Crippen LogP contribution in [0.25, 0.3) is 10.8 Å². The summed E-state index contributed by atoms with van der Waals surface area (Å²) in [5.74, 6) is 1.27. The molecule has 39 heavy (non-hydrogen) atoms. The molecule has 0 bridgehead atoms. The maximum absolute atomic E-state index is 13.7. The van der Waals surface area contributed by atoms with Crippen molar-refractivity contribution in [3.63, 3.8) is 0 Å². The van der Waals surface area contributed by atoms with E-state index in [9.17, 15) is 9.59 Å². The van der Waals surface area contributed by atoms with Crippen molar-refractivity contribution in [1.82, 2.24) is 14.9 Å². The van der Waals surface area contributed by atoms with Gasteiger partial charge in [0.05, 0.1) is 6.04 Å². The smallest absolute Gasteiger partial charge is 0.389 e. The lowest BCUT2D eigenvalue weighted by atomic mass is 10.0. The van der Waals surface area contributed by atoms with Gasteiger partial charge in [0, 0.05) is 30.1 Å². The number of carbonyl (C=O) groups excluding carboxylic acids is 2. The van der Waals surface area contributed by atoms with Crippen LogP contribution < -0.4 is 15.0 Å². The van der Waals surface area contributed by atoms with Crippen LogP contribution >= 0.6 is 11.6 Å². The number of unbranched alkanes of at least 4 members (excludes halogenated alkanes) is 1. The number of aromatic nitrogens is 2. The quantitative estimate of drug-likeness (QED) is 0.252. The number of hydrogen-bond acceptors (Lipinski definition) is 4. The Morgan fingerprint density at radius 3 is 2.69 bits per heavy atom. The molecule has 1 aromatic heterocycles. The maximum atomic E-state index is 13.7. The van der Waals surface area contributed by atoms with Crippen molar-refractivity contribution in [2.75, 3.05) is 11.4 Å². The van der Waals surface area contributed by atoms with E-state index in [-0.39, 0.29) is 11.9 Å².